The van der Waals surface area contributed by atoms with E-state index in [0.29, 0.717) is 0 Å². The molecule has 1 aliphatic carbocycles. The Balaban J connectivity index is 2.06. The summed E-state index contributed by atoms with van der Waals surface area (Å²) in [5.41, 5.74) is 0. The molecule has 0 aromatic carbocycles. The van der Waals surface area contributed by atoms with Crippen LogP contribution in [0.5, 0.6) is 0 Å². The topological polar surface area (TPSA) is 0 Å². The van der Waals surface area contributed by atoms with E-state index in [-0.39, 0.29) is 0 Å². The van der Waals surface area contributed by atoms with Crippen LogP contribution < -0.4 is 0 Å². The monoisotopic (exact) mass is 168 g/mol. The molecule has 1 aliphatic rings. The summed E-state index contributed by atoms with van der Waals surface area (Å²) >= 11 is 0. The molecule has 0 bridgehead atoms. The van der Waals surface area contributed by atoms with Crippen molar-refractivity contribution in [2.24, 2.45) is 23.7 Å². The largest absolute Gasteiger partial charge is 0.0628 e. The van der Waals surface area contributed by atoms with Crippen LogP contribution in [0, 0.1) is 23.7 Å². The summed E-state index contributed by atoms with van der Waals surface area (Å²) in [5, 5.41) is 0. The van der Waals surface area contributed by atoms with E-state index in [1.54, 1.807) is 0 Å². The average Bonchev–Trinajstić information content (AvgIpc) is 1.82. The molecule has 0 N–H and O–H groups in total. The predicted octanol–water partition coefficient (Wildman–Crippen LogP) is 4.10. The average molecular weight is 168 g/mol. The van der Waals surface area contributed by atoms with E-state index in [1.165, 1.54) is 25.7 Å². The minimum atomic E-state index is 0.887. The molecule has 0 aliphatic heterocycles. The first-order chi connectivity index (χ1) is 5.58. The summed E-state index contributed by atoms with van der Waals surface area (Å²) in [6, 6.07) is 0. The third-order valence-corrected chi connectivity index (χ3v) is 3.08. The third-order valence-electron chi connectivity index (χ3n) is 3.08. The zero-order valence-electron chi connectivity index (χ0n) is 9.14. The van der Waals surface area contributed by atoms with Gasteiger partial charge in [-0.3, -0.25) is 0 Å². The summed E-state index contributed by atoms with van der Waals surface area (Å²) in [7, 11) is 0. The maximum Gasteiger partial charge on any atom is -0.0407 e. The van der Waals surface area contributed by atoms with Crippen molar-refractivity contribution in [3.63, 3.8) is 0 Å². The molecule has 0 radical (unpaired) electrons. The maximum absolute atomic E-state index is 2.42. The summed E-state index contributed by atoms with van der Waals surface area (Å²) in [6.07, 6.45) is 5.91. The fourth-order valence-electron chi connectivity index (χ4n) is 2.73. The zero-order valence-corrected chi connectivity index (χ0v) is 9.14. The molecule has 72 valence electrons. The number of hydrogen-bond acceptors (Lipinski definition) is 0. The Labute approximate surface area is 77.7 Å². The molecule has 0 aromatic heterocycles. The molecule has 0 spiro atoms. The van der Waals surface area contributed by atoms with Crippen LogP contribution in [0.1, 0.15) is 53.4 Å². The van der Waals surface area contributed by atoms with Crippen molar-refractivity contribution in [2.45, 2.75) is 53.4 Å². The summed E-state index contributed by atoms with van der Waals surface area (Å²) in [5.74, 6) is 3.95. The number of rotatable bonds is 4. The van der Waals surface area contributed by atoms with Crippen LogP contribution in [-0.2, 0) is 0 Å². The van der Waals surface area contributed by atoms with Crippen LogP contribution in [0.2, 0.25) is 0 Å². The van der Waals surface area contributed by atoms with E-state index >= 15 is 0 Å². The molecule has 0 nitrogen and oxygen atoms in total. The summed E-state index contributed by atoms with van der Waals surface area (Å²) in [4.78, 5) is 0. The Morgan fingerprint density at radius 3 is 2.17 bits per heavy atom. The van der Waals surface area contributed by atoms with Gasteiger partial charge in [0.2, 0.25) is 0 Å². The van der Waals surface area contributed by atoms with Crippen LogP contribution in [0.4, 0.5) is 0 Å². The van der Waals surface area contributed by atoms with Crippen LogP contribution in [-0.4, -0.2) is 0 Å². The second-order valence-corrected chi connectivity index (χ2v) is 5.41. The smallest absolute Gasteiger partial charge is 0.0407 e. The molecule has 0 heteroatoms. The molecule has 1 atom stereocenters. The van der Waals surface area contributed by atoms with Gasteiger partial charge in [-0.05, 0) is 49.4 Å². The molecule has 1 unspecified atom stereocenters. The van der Waals surface area contributed by atoms with Gasteiger partial charge in [0.1, 0.15) is 0 Å². The summed E-state index contributed by atoms with van der Waals surface area (Å²) < 4.78 is 0. The highest BCUT2D eigenvalue weighted by atomic mass is 14.3. The van der Waals surface area contributed by atoms with Crippen molar-refractivity contribution >= 4 is 0 Å². The predicted molar refractivity (Wildman–Crippen MR) is 55.1 cm³/mol. The Hall–Kier alpha value is 0. The molecule has 1 fully saturated rings. The molecule has 0 saturated heterocycles. The van der Waals surface area contributed by atoms with Gasteiger partial charge in [0.15, 0.2) is 0 Å². The molecule has 12 heavy (non-hydrogen) atoms. The molecular weight excluding hydrogens is 144 g/mol. The molecule has 0 heterocycles. The lowest BCUT2D eigenvalue weighted by molar-refractivity contribution is 0.170. The van der Waals surface area contributed by atoms with E-state index in [2.05, 4.69) is 27.7 Å². The normalized spacial score (nSPS) is 31.8. The zero-order chi connectivity index (χ0) is 9.14. The first-order valence-electron chi connectivity index (χ1n) is 5.58. The third kappa shape index (κ3) is 3.16. The highest BCUT2D eigenvalue weighted by Crippen LogP contribution is 2.38. The Bertz CT molecular complexity index is 120. The fourth-order valence-corrected chi connectivity index (χ4v) is 2.73. The van der Waals surface area contributed by atoms with Gasteiger partial charge in [-0.2, -0.15) is 0 Å². The van der Waals surface area contributed by atoms with E-state index in [9.17, 15) is 0 Å². The van der Waals surface area contributed by atoms with Gasteiger partial charge in [0, 0.05) is 0 Å². The van der Waals surface area contributed by atoms with Gasteiger partial charge in [-0.1, -0.05) is 27.7 Å². The summed E-state index contributed by atoms with van der Waals surface area (Å²) in [6.45, 7) is 9.46. The molecule has 1 rings (SSSR count). The number of hydrogen-bond donors (Lipinski definition) is 0. The van der Waals surface area contributed by atoms with Gasteiger partial charge >= 0.3 is 0 Å². The van der Waals surface area contributed by atoms with E-state index in [4.69, 9.17) is 0 Å². The standard InChI is InChI=1S/C12H24/c1-9(2)5-10(3)6-12-7-11(4)8-12/h9-12H,5-8H2,1-4H3. The molecule has 0 amide bonds. The van der Waals surface area contributed by atoms with Gasteiger partial charge in [0.25, 0.3) is 0 Å². The van der Waals surface area contributed by atoms with Gasteiger partial charge in [-0.25, -0.2) is 0 Å². The van der Waals surface area contributed by atoms with Crippen molar-refractivity contribution in [3.8, 4) is 0 Å². The molecular formula is C12H24. The van der Waals surface area contributed by atoms with Gasteiger partial charge in [-0.15, -0.1) is 0 Å². The maximum atomic E-state index is 2.42. The van der Waals surface area contributed by atoms with Crippen molar-refractivity contribution in [3.05, 3.63) is 0 Å². The van der Waals surface area contributed by atoms with Crippen molar-refractivity contribution in [1.82, 2.24) is 0 Å². The Kier molecular flexibility index (Phi) is 3.61. The van der Waals surface area contributed by atoms with E-state index < -0.39 is 0 Å². The lowest BCUT2D eigenvalue weighted by atomic mass is 9.71. The van der Waals surface area contributed by atoms with Crippen LogP contribution in [0.25, 0.3) is 0 Å². The second-order valence-electron chi connectivity index (χ2n) is 5.41. The van der Waals surface area contributed by atoms with Crippen LogP contribution in [0.3, 0.4) is 0 Å². The second kappa shape index (κ2) is 4.30. The highest BCUT2D eigenvalue weighted by Gasteiger charge is 2.26. The first kappa shape index (κ1) is 10.1. The van der Waals surface area contributed by atoms with Crippen molar-refractivity contribution in [2.75, 3.05) is 0 Å². The van der Waals surface area contributed by atoms with Gasteiger partial charge < -0.3 is 0 Å². The van der Waals surface area contributed by atoms with E-state index in [1.807, 2.05) is 0 Å². The fraction of sp³-hybridized carbons (Fsp3) is 1.00. The van der Waals surface area contributed by atoms with Crippen LogP contribution >= 0.6 is 0 Å². The lowest BCUT2D eigenvalue weighted by Crippen LogP contribution is -2.23. The van der Waals surface area contributed by atoms with Gasteiger partial charge in [0.05, 0.1) is 0 Å². The van der Waals surface area contributed by atoms with E-state index in [0.717, 1.165) is 23.7 Å². The molecule has 0 aromatic rings. The van der Waals surface area contributed by atoms with Crippen LogP contribution in [0.15, 0.2) is 0 Å². The SMILES string of the molecule is CC(C)CC(C)CC1CC(C)C1. The lowest BCUT2D eigenvalue weighted by Gasteiger charge is -2.34. The minimum absolute atomic E-state index is 0.887. The minimum Gasteiger partial charge on any atom is -0.0628 e. The Morgan fingerprint density at radius 2 is 1.75 bits per heavy atom. The first-order valence-corrected chi connectivity index (χ1v) is 5.58. The quantitative estimate of drug-likeness (QED) is 0.592. The van der Waals surface area contributed by atoms with Crippen molar-refractivity contribution in [1.29, 1.82) is 0 Å². The highest BCUT2D eigenvalue weighted by molar-refractivity contribution is 4.77. The van der Waals surface area contributed by atoms with Crippen molar-refractivity contribution < 1.29 is 0 Å². The Morgan fingerprint density at radius 1 is 1.17 bits per heavy atom. The molecule has 1 saturated carbocycles.